The van der Waals surface area contributed by atoms with Crippen LogP contribution >= 0.6 is 0 Å². The maximum absolute atomic E-state index is 5.99. The van der Waals surface area contributed by atoms with Gasteiger partial charge in [-0.2, -0.15) is 0 Å². The van der Waals surface area contributed by atoms with E-state index in [0.29, 0.717) is 11.9 Å². The van der Waals surface area contributed by atoms with Crippen molar-refractivity contribution in [3.05, 3.63) is 60.2 Å². The average Bonchev–Trinajstić information content (AvgIpc) is 3.39. The second-order valence-corrected chi connectivity index (χ2v) is 8.31. The lowest BCUT2D eigenvalue weighted by molar-refractivity contribution is 0.461. The Morgan fingerprint density at radius 2 is 2.00 bits per heavy atom. The molecule has 0 bridgehead atoms. The quantitative estimate of drug-likeness (QED) is 0.519. The van der Waals surface area contributed by atoms with Gasteiger partial charge in [-0.05, 0) is 73.8 Å². The first-order valence-electron chi connectivity index (χ1n) is 10.7. The molecule has 0 aliphatic heterocycles. The molecule has 1 aliphatic rings. The Balaban J connectivity index is 1.25. The van der Waals surface area contributed by atoms with Gasteiger partial charge in [-0.25, -0.2) is 9.97 Å². The van der Waals surface area contributed by atoms with Crippen molar-refractivity contribution in [2.45, 2.75) is 51.5 Å². The van der Waals surface area contributed by atoms with Crippen LogP contribution in [0.25, 0.3) is 21.9 Å². The minimum atomic E-state index is 0.512. The van der Waals surface area contributed by atoms with E-state index in [4.69, 9.17) is 5.73 Å². The maximum atomic E-state index is 5.99. The molecule has 0 spiro atoms. The first-order valence-corrected chi connectivity index (χ1v) is 10.7. The molecule has 1 aromatic carbocycles. The summed E-state index contributed by atoms with van der Waals surface area (Å²) in [5.41, 5.74) is 10.8. The van der Waals surface area contributed by atoms with Crippen molar-refractivity contribution in [2.75, 3.05) is 5.73 Å². The van der Waals surface area contributed by atoms with E-state index in [2.05, 4.69) is 56.9 Å². The molecule has 0 amide bonds. The lowest BCUT2D eigenvalue weighted by Gasteiger charge is -2.14. The third-order valence-corrected chi connectivity index (χ3v) is 6.50. The Bertz CT molecular complexity index is 1160. The van der Waals surface area contributed by atoms with E-state index >= 15 is 0 Å². The summed E-state index contributed by atoms with van der Waals surface area (Å²) in [5.74, 6) is 1.32. The Hall–Kier alpha value is -2.95. The molecule has 1 fully saturated rings. The fourth-order valence-corrected chi connectivity index (χ4v) is 4.78. The Morgan fingerprint density at radius 3 is 2.90 bits per heavy atom. The van der Waals surface area contributed by atoms with E-state index in [0.717, 1.165) is 35.3 Å². The van der Waals surface area contributed by atoms with E-state index in [9.17, 15) is 0 Å². The smallest absolute Gasteiger partial charge is 0.145 e. The van der Waals surface area contributed by atoms with Gasteiger partial charge in [0, 0.05) is 23.8 Å². The Kier molecular flexibility index (Phi) is 4.66. The molecule has 3 aromatic heterocycles. The lowest BCUT2D eigenvalue weighted by Crippen LogP contribution is -2.06. The zero-order valence-electron chi connectivity index (χ0n) is 16.9. The number of aryl methyl sites for hydroxylation is 2. The maximum Gasteiger partial charge on any atom is 0.145 e. The van der Waals surface area contributed by atoms with Crippen LogP contribution in [0.5, 0.6) is 0 Å². The van der Waals surface area contributed by atoms with Crippen LogP contribution in [0, 0.1) is 5.92 Å². The Morgan fingerprint density at radius 1 is 1.07 bits per heavy atom. The van der Waals surface area contributed by atoms with Gasteiger partial charge >= 0.3 is 0 Å². The number of nitrogens with zero attached hydrogens (tertiary/aromatic N) is 4. The minimum absolute atomic E-state index is 0.512. The first kappa shape index (κ1) is 18.1. The van der Waals surface area contributed by atoms with Gasteiger partial charge in [0.2, 0.25) is 0 Å². The van der Waals surface area contributed by atoms with Gasteiger partial charge in [-0.3, -0.25) is 4.98 Å². The van der Waals surface area contributed by atoms with Crippen LogP contribution in [0.3, 0.4) is 0 Å². The van der Waals surface area contributed by atoms with Crippen LogP contribution in [0.15, 0.2) is 49.1 Å². The van der Waals surface area contributed by atoms with Gasteiger partial charge in [0.25, 0.3) is 0 Å². The molecule has 1 aliphatic carbocycles. The van der Waals surface area contributed by atoms with Crippen LogP contribution in [0.1, 0.15) is 49.8 Å². The summed E-state index contributed by atoms with van der Waals surface area (Å²) in [6.45, 7) is 2.17. The van der Waals surface area contributed by atoms with Crippen LogP contribution in [-0.4, -0.2) is 19.5 Å². The Labute approximate surface area is 171 Å². The van der Waals surface area contributed by atoms with Gasteiger partial charge in [0.05, 0.1) is 10.9 Å². The standard InChI is InChI=1S/C24H27N5/c1-2-16-11-19-7-5-18(13-22(19)26-14-16)4-3-17-6-8-20(12-17)29-10-9-21-23(25)27-15-28-24(21)29/h5,7,9-11,13-15,17,20H,2-4,6,8,12H2,1H3,(H2,25,27,28). The summed E-state index contributed by atoms with van der Waals surface area (Å²) in [6, 6.07) is 11.6. The zero-order chi connectivity index (χ0) is 19.8. The molecule has 2 N–H and O–H groups in total. The molecule has 148 valence electrons. The molecular formula is C24H27N5. The van der Waals surface area contributed by atoms with E-state index < -0.39 is 0 Å². The molecule has 4 aromatic rings. The highest BCUT2D eigenvalue weighted by atomic mass is 15.1. The van der Waals surface area contributed by atoms with Crippen molar-refractivity contribution in [3.8, 4) is 0 Å². The highest BCUT2D eigenvalue weighted by molar-refractivity contribution is 5.86. The molecule has 2 atom stereocenters. The SMILES string of the molecule is CCc1cnc2cc(CCC3CCC(n4ccc5c(N)ncnc54)C3)ccc2c1. The van der Waals surface area contributed by atoms with E-state index in [1.807, 2.05) is 12.3 Å². The minimum Gasteiger partial charge on any atom is -0.383 e. The number of nitrogens with two attached hydrogens (primary N) is 1. The van der Waals surface area contributed by atoms with Crippen molar-refractivity contribution in [3.63, 3.8) is 0 Å². The van der Waals surface area contributed by atoms with Gasteiger partial charge in [0.15, 0.2) is 0 Å². The summed E-state index contributed by atoms with van der Waals surface area (Å²) in [6.07, 6.45) is 12.8. The van der Waals surface area contributed by atoms with Crippen LogP contribution in [0.4, 0.5) is 5.82 Å². The number of aromatic nitrogens is 4. The summed E-state index contributed by atoms with van der Waals surface area (Å²) in [5, 5.41) is 2.21. The number of nitrogen functional groups attached to an aromatic ring is 1. The molecule has 5 nitrogen and oxygen atoms in total. The normalized spacial score (nSPS) is 19.3. The van der Waals surface area contributed by atoms with Gasteiger partial charge in [0.1, 0.15) is 17.8 Å². The number of hydrogen-bond acceptors (Lipinski definition) is 4. The number of rotatable bonds is 5. The fourth-order valence-electron chi connectivity index (χ4n) is 4.78. The molecule has 0 radical (unpaired) electrons. The second-order valence-electron chi connectivity index (χ2n) is 8.31. The number of fused-ring (bicyclic) bond motifs is 2. The number of anilines is 1. The summed E-state index contributed by atoms with van der Waals surface area (Å²) < 4.78 is 2.30. The predicted octanol–water partition coefficient (Wildman–Crippen LogP) is 5.10. The lowest BCUT2D eigenvalue weighted by atomic mass is 9.97. The zero-order valence-corrected chi connectivity index (χ0v) is 16.9. The molecule has 3 heterocycles. The first-order chi connectivity index (χ1) is 14.2. The third-order valence-electron chi connectivity index (χ3n) is 6.50. The van der Waals surface area contributed by atoms with Crippen LogP contribution in [-0.2, 0) is 12.8 Å². The predicted molar refractivity (Wildman–Crippen MR) is 118 cm³/mol. The number of pyridine rings is 1. The fraction of sp³-hybridized carbons (Fsp3) is 0.375. The monoisotopic (exact) mass is 385 g/mol. The molecule has 5 rings (SSSR count). The van der Waals surface area contributed by atoms with Gasteiger partial charge in [-0.1, -0.05) is 19.1 Å². The van der Waals surface area contributed by atoms with Gasteiger partial charge in [-0.15, -0.1) is 0 Å². The number of benzene rings is 1. The highest BCUT2D eigenvalue weighted by Crippen LogP contribution is 2.39. The van der Waals surface area contributed by atoms with E-state index in [-0.39, 0.29) is 0 Å². The van der Waals surface area contributed by atoms with Crippen molar-refractivity contribution in [1.82, 2.24) is 19.5 Å². The summed E-state index contributed by atoms with van der Waals surface area (Å²) >= 11 is 0. The van der Waals surface area contributed by atoms with Crippen molar-refractivity contribution in [2.24, 2.45) is 5.92 Å². The van der Waals surface area contributed by atoms with Crippen LogP contribution in [0.2, 0.25) is 0 Å². The van der Waals surface area contributed by atoms with E-state index in [1.54, 1.807) is 6.33 Å². The molecule has 5 heteroatoms. The molecule has 2 unspecified atom stereocenters. The third kappa shape index (κ3) is 3.46. The van der Waals surface area contributed by atoms with Crippen LogP contribution < -0.4 is 5.73 Å². The molecular weight excluding hydrogens is 358 g/mol. The van der Waals surface area contributed by atoms with Gasteiger partial charge < -0.3 is 10.3 Å². The summed E-state index contributed by atoms with van der Waals surface area (Å²) in [4.78, 5) is 13.2. The topological polar surface area (TPSA) is 69.6 Å². The van der Waals surface area contributed by atoms with Crippen molar-refractivity contribution < 1.29 is 0 Å². The molecule has 29 heavy (non-hydrogen) atoms. The largest absolute Gasteiger partial charge is 0.383 e. The number of hydrogen-bond donors (Lipinski definition) is 1. The van der Waals surface area contributed by atoms with E-state index in [1.165, 1.54) is 42.2 Å². The van der Waals surface area contributed by atoms with Crippen molar-refractivity contribution in [1.29, 1.82) is 0 Å². The molecule has 1 saturated carbocycles. The molecule has 0 saturated heterocycles. The van der Waals surface area contributed by atoms with Crippen molar-refractivity contribution >= 4 is 27.8 Å². The second kappa shape index (κ2) is 7.47. The summed E-state index contributed by atoms with van der Waals surface area (Å²) in [7, 11) is 0. The average molecular weight is 386 g/mol. The highest BCUT2D eigenvalue weighted by Gasteiger charge is 2.27.